The van der Waals surface area contributed by atoms with Crippen LogP contribution in [0.25, 0.3) is 0 Å². The molecule has 1 amide bonds. The summed E-state index contributed by atoms with van der Waals surface area (Å²) in [4.78, 5) is 11.4. The summed E-state index contributed by atoms with van der Waals surface area (Å²) in [6.07, 6.45) is -0.248. The first kappa shape index (κ1) is 18.2. The van der Waals surface area contributed by atoms with E-state index in [9.17, 15) is 17.6 Å². The lowest BCUT2D eigenvalue weighted by molar-refractivity contribution is 0.0695. The Balaban J connectivity index is 3.01. The molecule has 5 nitrogen and oxygen atoms in total. The van der Waals surface area contributed by atoms with Crippen LogP contribution in [0.4, 0.5) is 4.39 Å². The quantitative estimate of drug-likeness (QED) is 0.794. The molecule has 21 heavy (non-hydrogen) atoms. The van der Waals surface area contributed by atoms with Gasteiger partial charge in [0.05, 0.1) is 21.6 Å². The molecule has 0 aliphatic heterocycles. The van der Waals surface area contributed by atoms with Crippen LogP contribution in [0.5, 0.6) is 0 Å². The first-order chi connectivity index (χ1) is 9.66. The van der Waals surface area contributed by atoms with Gasteiger partial charge in [-0.15, -0.1) is 0 Å². The van der Waals surface area contributed by atoms with Gasteiger partial charge in [0.15, 0.2) is 0 Å². The van der Waals surface area contributed by atoms with Crippen molar-refractivity contribution in [2.75, 3.05) is 13.2 Å². The molecule has 0 fully saturated rings. The van der Waals surface area contributed by atoms with E-state index in [-0.39, 0.29) is 18.2 Å². The molecule has 1 atom stereocenters. The van der Waals surface area contributed by atoms with Crippen molar-refractivity contribution in [2.24, 2.45) is 0 Å². The molecule has 0 radical (unpaired) electrons. The third kappa shape index (κ3) is 5.10. The van der Waals surface area contributed by atoms with Gasteiger partial charge in [0.2, 0.25) is 0 Å². The number of carbonyl (C=O) groups excluding carboxylic acids is 1. The van der Waals surface area contributed by atoms with Crippen LogP contribution in [0, 0.1) is 5.82 Å². The van der Waals surface area contributed by atoms with Crippen LogP contribution in [0.3, 0.4) is 0 Å². The van der Waals surface area contributed by atoms with E-state index in [4.69, 9.17) is 27.0 Å². The van der Waals surface area contributed by atoms with Gasteiger partial charge in [-0.05, 0) is 26.0 Å². The largest absolute Gasteiger partial charge is 0.377 e. The minimum atomic E-state index is -4.17. The Bertz CT molecular complexity index is 636. The molecule has 1 rings (SSSR count). The summed E-state index contributed by atoms with van der Waals surface area (Å²) in [5.41, 5.74) is -0.306. The van der Waals surface area contributed by atoms with Crippen molar-refractivity contribution in [1.29, 1.82) is 0 Å². The molecule has 118 valence electrons. The second-order valence-corrected chi connectivity index (χ2v) is 7.12. The Morgan fingerprint density at radius 2 is 2.10 bits per heavy atom. The molecule has 1 unspecified atom stereocenters. The Hall–Kier alpha value is -0.890. The lowest BCUT2D eigenvalue weighted by Gasteiger charge is -2.13. The highest BCUT2D eigenvalue weighted by atomic mass is 35.7. The first-order valence-electron chi connectivity index (χ1n) is 6.00. The molecular formula is C12H14Cl2FNO4S. The van der Waals surface area contributed by atoms with Gasteiger partial charge < -0.3 is 10.1 Å². The van der Waals surface area contributed by atoms with Crippen LogP contribution in [-0.2, 0) is 13.8 Å². The SMILES string of the molecule is CCOC(C)CNC(=O)c1cc(S(=O)(=O)Cl)cc(F)c1Cl. The highest BCUT2D eigenvalue weighted by molar-refractivity contribution is 8.13. The predicted octanol–water partition coefficient (Wildman–Crippen LogP) is 2.56. The van der Waals surface area contributed by atoms with E-state index < -0.39 is 30.7 Å². The summed E-state index contributed by atoms with van der Waals surface area (Å²) >= 11 is 5.68. The third-order valence-corrected chi connectivity index (χ3v) is 4.25. The number of amides is 1. The number of rotatable bonds is 6. The van der Waals surface area contributed by atoms with Gasteiger partial charge in [-0.3, -0.25) is 4.79 Å². The van der Waals surface area contributed by atoms with Crippen LogP contribution >= 0.6 is 22.3 Å². The fourth-order valence-electron chi connectivity index (χ4n) is 1.55. The zero-order valence-corrected chi connectivity index (χ0v) is 13.6. The van der Waals surface area contributed by atoms with Gasteiger partial charge in [-0.2, -0.15) is 0 Å². The normalized spacial score (nSPS) is 13.0. The molecule has 0 saturated heterocycles. The second kappa shape index (κ2) is 7.40. The van der Waals surface area contributed by atoms with Crippen molar-refractivity contribution in [2.45, 2.75) is 24.8 Å². The van der Waals surface area contributed by atoms with Crippen molar-refractivity contribution in [1.82, 2.24) is 5.32 Å². The van der Waals surface area contributed by atoms with Gasteiger partial charge in [-0.1, -0.05) is 11.6 Å². The maximum Gasteiger partial charge on any atom is 0.261 e. The van der Waals surface area contributed by atoms with Gasteiger partial charge in [0.1, 0.15) is 5.82 Å². The highest BCUT2D eigenvalue weighted by Crippen LogP contribution is 2.26. The summed E-state index contributed by atoms with van der Waals surface area (Å²) in [7, 11) is 0.970. The van der Waals surface area contributed by atoms with Crippen LogP contribution in [0.1, 0.15) is 24.2 Å². The summed E-state index contributed by atoms with van der Waals surface area (Å²) in [5, 5.41) is 2.01. The topological polar surface area (TPSA) is 72.5 Å². The molecule has 0 aromatic heterocycles. The molecule has 0 heterocycles. The number of nitrogens with one attached hydrogen (secondary N) is 1. The average molecular weight is 358 g/mol. The van der Waals surface area contributed by atoms with Gasteiger partial charge in [-0.25, -0.2) is 12.8 Å². The van der Waals surface area contributed by atoms with E-state index in [2.05, 4.69) is 5.32 Å². The molecule has 0 spiro atoms. The van der Waals surface area contributed by atoms with E-state index in [1.807, 2.05) is 0 Å². The number of hydrogen-bond donors (Lipinski definition) is 1. The monoisotopic (exact) mass is 357 g/mol. The second-order valence-electron chi connectivity index (χ2n) is 4.18. The molecule has 0 aliphatic rings. The van der Waals surface area contributed by atoms with E-state index in [0.717, 1.165) is 6.07 Å². The lowest BCUT2D eigenvalue weighted by atomic mass is 10.2. The van der Waals surface area contributed by atoms with E-state index in [1.165, 1.54) is 0 Å². The predicted molar refractivity (Wildman–Crippen MR) is 77.9 cm³/mol. The number of carbonyl (C=O) groups is 1. The minimum absolute atomic E-state index is 0.169. The van der Waals surface area contributed by atoms with Crippen molar-refractivity contribution < 1.29 is 22.3 Å². The fraction of sp³-hybridized carbons (Fsp3) is 0.417. The van der Waals surface area contributed by atoms with Crippen molar-refractivity contribution in [3.05, 3.63) is 28.5 Å². The van der Waals surface area contributed by atoms with Crippen molar-refractivity contribution >= 4 is 37.2 Å². The molecule has 0 aliphatic carbocycles. The van der Waals surface area contributed by atoms with E-state index in [1.54, 1.807) is 13.8 Å². The fourth-order valence-corrected chi connectivity index (χ4v) is 2.51. The Morgan fingerprint density at radius 3 is 2.62 bits per heavy atom. The number of ether oxygens (including phenoxy) is 1. The van der Waals surface area contributed by atoms with Crippen LogP contribution in [-0.4, -0.2) is 33.6 Å². The van der Waals surface area contributed by atoms with Gasteiger partial charge in [0.25, 0.3) is 15.0 Å². The van der Waals surface area contributed by atoms with Gasteiger partial charge >= 0.3 is 0 Å². The van der Waals surface area contributed by atoms with Crippen LogP contribution in [0.2, 0.25) is 5.02 Å². The molecule has 9 heteroatoms. The Morgan fingerprint density at radius 1 is 1.48 bits per heavy atom. The van der Waals surface area contributed by atoms with Crippen LogP contribution in [0.15, 0.2) is 17.0 Å². The smallest absolute Gasteiger partial charge is 0.261 e. The third-order valence-electron chi connectivity index (χ3n) is 2.53. The van der Waals surface area contributed by atoms with Crippen molar-refractivity contribution in [3.63, 3.8) is 0 Å². The molecular weight excluding hydrogens is 344 g/mol. The number of halogens is 3. The summed E-state index contributed by atoms with van der Waals surface area (Å²) in [6, 6.07) is 1.58. The Kier molecular flexibility index (Phi) is 6.40. The number of benzene rings is 1. The minimum Gasteiger partial charge on any atom is -0.377 e. The maximum absolute atomic E-state index is 13.6. The molecule has 0 saturated carbocycles. The molecule has 1 aromatic carbocycles. The standard InChI is InChI=1S/C12H14Cl2FNO4S/c1-3-20-7(2)6-16-12(17)9-4-8(21(14,18)19)5-10(15)11(9)13/h4-5,7H,3,6H2,1-2H3,(H,16,17). The zero-order chi connectivity index (χ0) is 16.2. The number of hydrogen-bond acceptors (Lipinski definition) is 4. The summed E-state index contributed by atoms with van der Waals surface area (Å²) in [6.45, 7) is 4.19. The summed E-state index contributed by atoms with van der Waals surface area (Å²) < 4.78 is 41.3. The first-order valence-corrected chi connectivity index (χ1v) is 8.69. The molecule has 0 bridgehead atoms. The highest BCUT2D eigenvalue weighted by Gasteiger charge is 2.21. The molecule has 1 N–H and O–H groups in total. The summed E-state index contributed by atoms with van der Waals surface area (Å²) in [5.74, 6) is -1.76. The Labute approximate surface area is 131 Å². The van der Waals surface area contributed by atoms with E-state index >= 15 is 0 Å². The van der Waals surface area contributed by atoms with Gasteiger partial charge in [0, 0.05) is 23.8 Å². The van der Waals surface area contributed by atoms with E-state index in [0.29, 0.717) is 12.7 Å². The van der Waals surface area contributed by atoms with Crippen molar-refractivity contribution in [3.8, 4) is 0 Å². The lowest BCUT2D eigenvalue weighted by Crippen LogP contribution is -2.32. The maximum atomic E-state index is 13.6. The molecule has 1 aromatic rings. The van der Waals surface area contributed by atoms with Crippen LogP contribution < -0.4 is 5.32 Å². The zero-order valence-electron chi connectivity index (χ0n) is 11.3. The average Bonchev–Trinajstić information content (AvgIpc) is 2.38.